The maximum atomic E-state index is 12.1. The van der Waals surface area contributed by atoms with Gasteiger partial charge in [-0.25, -0.2) is 0 Å². The predicted molar refractivity (Wildman–Crippen MR) is 76.4 cm³/mol. The van der Waals surface area contributed by atoms with E-state index in [-0.39, 0.29) is 11.7 Å². The van der Waals surface area contributed by atoms with E-state index >= 15 is 0 Å². The molecule has 4 N–H and O–H groups in total. The highest BCUT2D eigenvalue weighted by molar-refractivity contribution is 6.04. The number of aryl methyl sites for hydroxylation is 2. The zero-order chi connectivity index (χ0) is 14.0. The molecular weight excluding hydrogens is 240 g/mol. The zero-order valence-electron chi connectivity index (χ0n) is 10.9. The number of aromatic hydroxyl groups is 1. The average molecular weight is 256 g/mol. The first kappa shape index (κ1) is 13.0. The molecule has 0 bridgehead atoms. The molecule has 0 aliphatic carbocycles. The highest BCUT2D eigenvalue weighted by atomic mass is 16.3. The molecule has 4 heteroatoms. The molecule has 0 saturated heterocycles. The van der Waals surface area contributed by atoms with Crippen LogP contribution >= 0.6 is 0 Å². The fraction of sp³-hybridized carbons (Fsp3) is 0.133. The Morgan fingerprint density at radius 1 is 1.11 bits per heavy atom. The van der Waals surface area contributed by atoms with Crippen molar-refractivity contribution in [2.75, 3.05) is 11.1 Å². The van der Waals surface area contributed by atoms with Gasteiger partial charge in [-0.15, -0.1) is 0 Å². The number of nitrogens with two attached hydrogens (primary N) is 1. The number of carbonyl (C=O) groups excluding carboxylic acids is 1. The van der Waals surface area contributed by atoms with E-state index in [1.807, 2.05) is 6.92 Å². The SMILES string of the molecule is Cc1cc(NC(=O)c2ccc(N)cc2)c(C)cc1O. The van der Waals surface area contributed by atoms with Gasteiger partial charge in [-0.3, -0.25) is 4.79 Å². The summed E-state index contributed by atoms with van der Waals surface area (Å²) in [5.74, 6) is 0.0242. The number of nitrogen functional groups attached to an aromatic ring is 1. The molecule has 0 unspecified atom stereocenters. The topological polar surface area (TPSA) is 75.4 Å². The largest absolute Gasteiger partial charge is 0.508 e. The van der Waals surface area contributed by atoms with Crippen LogP contribution in [0.1, 0.15) is 21.5 Å². The van der Waals surface area contributed by atoms with Gasteiger partial charge in [0.15, 0.2) is 0 Å². The second-order valence-electron chi connectivity index (χ2n) is 4.53. The fourth-order valence-corrected chi connectivity index (χ4v) is 1.76. The van der Waals surface area contributed by atoms with Gasteiger partial charge in [0.2, 0.25) is 0 Å². The number of phenols is 1. The van der Waals surface area contributed by atoms with Crippen LogP contribution < -0.4 is 11.1 Å². The lowest BCUT2D eigenvalue weighted by Gasteiger charge is -2.10. The summed E-state index contributed by atoms with van der Waals surface area (Å²) in [5, 5.41) is 12.4. The summed E-state index contributed by atoms with van der Waals surface area (Å²) in [6.07, 6.45) is 0. The molecule has 0 radical (unpaired) electrons. The van der Waals surface area contributed by atoms with E-state index < -0.39 is 0 Å². The molecule has 0 fully saturated rings. The smallest absolute Gasteiger partial charge is 0.255 e. The first-order valence-electron chi connectivity index (χ1n) is 5.94. The first-order chi connectivity index (χ1) is 8.97. The molecule has 19 heavy (non-hydrogen) atoms. The lowest BCUT2D eigenvalue weighted by Crippen LogP contribution is -2.12. The van der Waals surface area contributed by atoms with Crippen LogP contribution in [-0.2, 0) is 0 Å². The highest BCUT2D eigenvalue weighted by Gasteiger charge is 2.09. The number of nitrogens with one attached hydrogen (secondary N) is 1. The van der Waals surface area contributed by atoms with Gasteiger partial charge in [0.05, 0.1) is 0 Å². The van der Waals surface area contributed by atoms with Crippen molar-refractivity contribution in [3.05, 3.63) is 53.1 Å². The third kappa shape index (κ3) is 2.85. The van der Waals surface area contributed by atoms with Gasteiger partial charge >= 0.3 is 0 Å². The predicted octanol–water partition coefficient (Wildman–Crippen LogP) is 2.84. The second-order valence-corrected chi connectivity index (χ2v) is 4.53. The first-order valence-corrected chi connectivity index (χ1v) is 5.94. The van der Waals surface area contributed by atoms with Crippen LogP contribution in [-0.4, -0.2) is 11.0 Å². The average Bonchev–Trinajstić information content (AvgIpc) is 2.36. The van der Waals surface area contributed by atoms with Crippen molar-refractivity contribution in [3.8, 4) is 5.75 Å². The third-order valence-electron chi connectivity index (χ3n) is 2.96. The Kier molecular flexibility index (Phi) is 3.42. The van der Waals surface area contributed by atoms with Crippen molar-refractivity contribution in [1.29, 1.82) is 0 Å². The Balaban J connectivity index is 2.24. The zero-order valence-corrected chi connectivity index (χ0v) is 10.9. The summed E-state index contributed by atoms with van der Waals surface area (Å²) in [6.45, 7) is 3.62. The van der Waals surface area contributed by atoms with Crippen molar-refractivity contribution in [2.24, 2.45) is 0 Å². The van der Waals surface area contributed by atoms with E-state index in [4.69, 9.17) is 5.73 Å². The van der Waals surface area contributed by atoms with Gasteiger partial charge < -0.3 is 16.2 Å². The lowest BCUT2D eigenvalue weighted by atomic mass is 10.1. The van der Waals surface area contributed by atoms with Crippen LogP contribution in [0.4, 0.5) is 11.4 Å². The molecule has 1 amide bonds. The second kappa shape index (κ2) is 5.02. The van der Waals surface area contributed by atoms with Gasteiger partial charge in [0.25, 0.3) is 5.91 Å². The molecule has 4 nitrogen and oxygen atoms in total. The molecule has 0 aromatic heterocycles. The van der Waals surface area contributed by atoms with Crippen LogP contribution in [0.2, 0.25) is 0 Å². The fourth-order valence-electron chi connectivity index (χ4n) is 1.76. The van der Waals surface area contributed by atoms with Crippen molar-refractivity contribution < 1.29 is 9.90 Å². The number of phenolic OH excluding ortho intramolecular Hbond substituents is 1. The van der Waals surface area contributed by atoms with Crippen molar-refractivity contribution in [2.45, 2.75) is 13.8 Å². The molecule has 0 aliphatic rings. The molecule has 0 spiro atoms. The van der Waals surface area contributed by atoms with Gasteiger partial charge in [-0.1, -0.05) is 0 Å². The monoisotopic (exact) mass is 256 g/mol. The maximum absolute atomic E-state index is 12.1. The van der Waals surface area contributed by atoms with E-state index in [9.17, 15) is 9.90 Å². The minimum Gasteiger partial charge on any atom is -0.508 e. The Morgan fingerprint density at radius 2 is 1.74 bits per heavy atom. The molecule has 2 aromatic rings. The van der Waals surface area contributed by atoms with Gasteiger partial charge in [-0.05, 0) is 61.4 Å². The standard InChI is InChI=1S/C15H16N2O2/c1-9-8-14(18)10(2)7-13(9)17-15(19)11-3-5-12(16)6-4-11/h3-8,18H,16H2,1-2H3,(H,17,19). The Bertz CT molecular complexity index is 619. The van der Waals surface area contributed by atoms with Crippen LogP contribution in [0, 0.1) is 13.8 Å². The maximum Gasteiger partial charge on any atom is 0.255 e. The Hall–Kier alpha value is -2.49. The summed E-state index contributed by atoms with van der Waals surface area (Å²) >= 11 is 0. The summed E-state index contributed by atoms with van der Waals surface area (Å²) in [7, 11) is 0. The number of benzene rings is 2. The molecule has 98 valence electrons. The minimum absolute atomic E-state index is 0.201. The van der Waals surface area contributed by atoms with E-state index in [0.717, 1.165) is 11.1 Å². The van der Waals surface area contributed by atoms with Crippen molar-refractivity contribution in [3.63, 3.8) is 0 Å². The highest BCUT2D eigenvalue weighted by Crippen LogP contribution is 2.25. The molecule has 0 saturated carbocycles. The van der Waals surface area contributed by atoms with Gasteiger partial charge in [0, 0.05) is 16.9 Å². The quantitative estimate of drug-likeness (QED) is 0.571. The normalized spacial score (nSPS) is 10.2. The third-order valence-corrected chi connectivity index (χ3v) is 2.96. The summed E-state index contributed by atoms with van der Waals surface area (Å²) < 4.78 is 0. The lowest BCUT2D eigenvalue weighted by molar-refractivity contribution is 0.102. The van der Waals surface area contributed by atoms with Crippen molar-refractivity contribution in [1.82, 2.24) is 0 Å². The van der Waals surface area contributed by atoms with Crippen LogP contribution in [0.15, 0.2) is 36.4 Å². The summed E-state index contributed by atoms with van der Waals surface area (Å²) in [6, 6.07) is 10.1. The van der Waals surface area contributed by atoms with Gasteiger partial charge in [-0.2, -0.15) is 0 Å². The number of anilines is 2. The minimum atomic E-state index is -0.201. The molecular formula is C15H16N2O2. The number of carbonyl (C=O) groups is 1. The Morgan fingerprint density at radius 3 is 2.37 bits per heavy atom. The molecule has 0 aliphatic heterocycles. The summed E-state index contributed by atoms with van der Waals surface area (Å²) in [4.78, 5) is 12.1. The number of amides is 1. The van der Waals surface area contributed by atoms with Crippen LogP contribution in [0.3, 0.4) is 0 Å². The molecule has 0 heterocycles. The van der Waals surface area contributed by atoms with E-state index in [2.05, 4.69) is 5.32 Å². The number of hydrogen-bond acceptors (Lipinski definition) is 3. The summed E-state index contributed by atoms with van der Waals surface area (Å²) in [5.41, 5.74) is 8.96. The molecule has 0 atom stereocenters. The van der Waals surface area contributed by atoms with Crippen LogP contribution in [0.5, 0.6) is 5.75 Å². The number of hydrogen-bond donors (Lipinski definition) is 3. The van der Waals surface area contributed by atoms with E-state index in [0.29, 0.717) is 16.9 Å². The molecule has 2 aromatic carbocycles. The molecule has 2 rings (SSSR count). The van der Waals surface area contributed by atoms with E-state index in [1.54, 1.807) is 43.3 Å². The Labute approximate surface area is 111 Å². The van der Waals surface area contributed by atoms with Gasteiger partial charge in [0.1, 0.15) is 5.75 Å². The van der Waals surface area contributed by atoms with E-state index in [1.165, 1.54) is 0 Å². The van der Waals surface area contributed by atoms with Crippen molar-refractivity contribution >= 4 is 17.3 Å². The van der Waals surface area contributed by atoms with Crippen LogP contribution in [0.25, 0.3) is 0 Å². The number of rotatable bonds is 2.